The smallest absolute Gasteiger partial charge is 0.271 e. The van der Waals surface area contributed by atoms with Crippen LogP contribution in [0, 0.1) is 0 Å². The van der Waals surface area contributed by atoms with E-state index in [1.54, 1.807) is 12.1 Å². The van der Waals surface area contributed by atoms with Crippen molar-refractivity contribution in [2.24, 2.45) is 0 Å². The summed E-state index contributed by atoms with van der Waals surface area (Å²) in [7, 11) is 0. The molecular weight excluding hydrogens is 218 g/mol. The third-order valence-corrected chi connectivity index (χ3v) is 1.98. The molecule has 0 aliphatic carbocycles. The van der Waals surface area contributed by atoms with Gasteiger partial charge in [0.05, 0.1) is 16.3 Å². The van der Waals surface area contributed by atoms with Crippen LogP contribution >= 0.6 is 11.6 Å². The topological polar surface area (TPSA) is 84.2 Å². The molecule has 0 atom stereocenters. The normalized spacial score (nSPS) is 9.47. The van der Waals surface area contributed by atoms with Crippen LogP contribution in [0.25, 0.3) is 0 Å². The van der Waals surface area contributed by atoms with E-state index < -0.39 is 5.91 Å². The Morgan fingerprint density at radius 3 is 2.60 bits per heavy atom. The fraction of sp³-hybridized carbons (Fsp3) is 0.111. The van der Waals surface area contributed by atoms with Crippen LogP contribution in [0.3, 0.4) is 0 Å². The summed E-state index contributed by atoms with van der Waals surface area (Å²) < 4.78 is 0. The standard InChI is InChI=1S/C9H10ClN3O2/c1-5(14)12-13-9(15)6-3-2-4-7(10)8(6)11/h2-4H,11H2,1H3,(H,12,14)(H,13,15). The van der Waals surface area contributed by atoms with Crippen LogP contribution in [0.1, 0.15) is 17.3 Å². The molecule has 1 aromatic carbocycles. The molecule has 4 N–H and O–H groups in total. The number of carbonyl (C=O) groups excluding carboxylic acids is 2. The minimum atomic E-state index is -0.509. The summed E-state index contributed by atoms with van der Waals surface area (Å²) in [5, 5.41) is 0.297. The molecule has 0 radical (unpaired) electrons. The van der Waals surface area contributed by atoms with Crippen molar-refractivity contribution in [2.75, 3.05) is 5.73 Å². The summed E-state index contributed by atoms with van der Waals surface area (Å²) in [6.45, 7) is 1.28. The average Bonchev–Trinajstić information content (AvgIpc) is 2.18. The van der Waals surface area contributed by atoms with Crippen molar-refractivity contribution in [1.29, 1.82) is 0 Å². The van der Waals surface area contributed by atoms with Gasteiger partial charge in [-0.1, -0.05) is 17.7 Å². The minimum Gasteiger partial charge on any atom is -0.397 e. The Bertz CT molecular complexity index is 406. The van der Waals surface area contributed by atoms with E-state index >= 15 is 0 Å². The zero-order valence-corrected chi connectivity index (χ0v) is 8.76. The Morgan fingerprint density at radius 1 is 1.33 bits per heavy atom. The van der Waals surface area contributed by atoms with Crippen LogP contribution in [-0.4, -0.2) is 11.8 Å². The van der Waals surface area contributed by atoms with Gasteiger partial charge in [-0.15, -0.1) is 0 Å². The van der Waals surface area contributed by atoms with E-state index in [1.165, 1.54) is 13.0 Å². The van der Waals surface area contributed by atoms with Crippen LogP contribution in [0.4, 0.5) is 5.69 Å². The number of nitrogens with one attached hydrogen (secondary N) is 2. The maximum absolute atomic E-state index is 11.5. The first-order valence-corrected chi connectivity index (χ1v) is 4.51. The van der Waals surface area contributed by atoms with E-state index in [1.807, 2.05) is 0 Å². The lowest BCUT2D eigenvalue weighted by Gasteiger charge is -2.08. The summed E-state index contributed by atoms with van der Waals surface area (Å²) in [6.07, 6.45) is 0. The van der Waals surface area contributed by atoms with Gasteiger partial charge in [-0.3, -0.25) is 20.4 Å². The summed E-state index contributed by atoms with van der Waals surface area (Å²) in [4.78, 5) is 22.0. The molecule has 1 rings (SSSR count). The van der Waals surface area contributed by atoms with Crippen LogP contribution in [0.2, 0.25) is 5.02 Å². The predicted octanol–water partition coefficient (Wildman–Crippen LogP) is 0.703. The van der Waals surface area contributed by atoms with Gasteiger partial charge >= 0.3 is 0 Å². The molecule has 0 fully saturated rings. The lowest BCUT2D eigenvalue weighted by Crippen LogP contribution is -2.40. The maximum Gasteiger partial charge on any atom is 0.271 e. The molecule has 0 aromatic heterocycles. The summed E-state index contributed by atoms with van der Waals surface area (Å²) in [5.74, 6) is -0.880. The number of halogens is 1. The Morgan fingerprint density at radius 2 is 2.00 bits per heavy atom. The summed E-state index contributed by atoms with van der Waals surface area (Å²) in [6, 6.07) is 4.69. The number of hydrogen-bond donors (Lipinski definition) is 3. The van der Waals surface area contributed by atoms with Crippen molar-refractivity contribution < 1.29 is 9.59 Å². The Labute approximate surface area is 91.6 Å². The highest BCUT2D eigenvalue weighted by molar-refractivity contribution is 6.33. The first-order valence-electron chi connectivity index (χ1n) is 4.13. The number of rotatable bonds is 1. The van der Waals surface area contributed by atoms with Crippen LogP contribution < -0.4 is 16.6 Å². The van der Waals surface area contributed by atoms with E-state index in [9.17, 15) is 9.59 Å². The van der Waals surface area contributed by atoms with Crippen molar-refractivity contribution in [3.8, 4) is 0 Å². The highest BCUT2D eigenvalue weighted by atomic mass is 35.5. The fourth-order valence-corrected chi connectivity index (χ4v) is 1.12. The molecule has 15 heavy (non-hydrogen) atoms. The van der Waals surface area contributed by atoms with Gasteiger partial charge in [-0.05, 0) is 12.1 Å². The number of carbonyl (C=O) groups is 2. The van der Waals surface area contributed by atoms with Gasteiger partial charge in [0.1, 0.15) is 0 Å². The molecule has 0 unspecified atom stereocenters. The highest BCUT2D eigenvalue weighted by Crippen LogP contribution is 2.21. The Kier molecular flexibility index (Phi) is 3.51. The molecule has 0 spiro atoms. The third-order valence-electron chi connectivity index (χ3n) is 1.65. The zero-order chi connectivity index (χ0) is 11.4. The lowest BCUT2D eigenvalue weighted by molar-refractivity contribution is -0.119. The van der Waals surface area contributed by atoms with Gasteiger partial charge in [0.25, 0.3) is 5.91 Å². The highest BCUT2D eigenvalue weighted by Gasteiger charge is 2.11. The van der Waals surface area contributed by atoms with Gasteiger partial charge in [0, 0.05) is 6.92 Å². The molecule has 0 bridgehead atoms. The molecule has 0 aliphatic rings. The maximum atomic E-state index is 11.5. The van der Waals surface area contributed by atoms with E-state index in [0.29, 0.717) is 5.02 Å². The molecule has 0 saturated heterocycles. The molecule has 0 aliphatic heterocycles. The van der Waals surface area contributed by atoms with Gasteiger partial charge in [-0.25, -0.2) is 0 Å². The summed E-state index contributed by atoms with van der Waals surface area (Å²) >= 11 is 5.73. The van der Waals surface area contributed by atoms with E-state index in [0.717, 1.165) is 0 Å². The third kappa shape index (κ3) is 2.85. The number of benzene rings is 1. The second-order valence-electron chi connectivity index (χ2n) is 2.84. The van der Waals surface area contributed by atoms with Crippen LogP contribution in [0.5, 0.6) is 0 Å². The number of para-hydroxylation sites is 1. The Hall–Kier alpha value is -1.75. The van der Waals surface area contributed by atoms with Crippen LogP contribution in [0.15, 0.2) is 18.2 Å². The van der Waals surface area contributed by atoms with Crippen molar-refractivity contribution >= 4 is 29.1 Å². The lowest BCUT2D eigenvalue weighted by atomic mass is 10.2. The number of hydrogen-bond acceptors (Lipinski definition) is 3. The number of nitrogen functional groups attached to an aromatic ring is 1. The minimum absolute atomic E-state index is 0.182. The first kappa shape index (κ1) is 11.3. The zero-order valence-electron chi connectivity index (χ0n) is 8.00. The number of amides is 2. The van der Waals surface area contributed by atoms with E-state index in [-0.39, 0.29) is 17.2 Å². The molecule has 2 amide bonds. The fourth-order valence-electron chi connectivity index (χ4n) is 0.947. The second kappa shape index (κ2) is 4.65. The molecule has 5 nitrogen and oxygen atoms in total. The quantitative estimate of drug-likeness (QED) is 0.488. The van der Waals surface area contributed by atoms with E-state index in [2.05, 4.69) is 10.9 Å². The van der Waals surface area contributed by atoms with Crippen molar-refractivity contribution in [3.05, 3.63) is 28.8 Å². The van der Waals surface area contributed by atoms with Gasteiger partial charge in [0.15, 0.2) is 0 Å². The van der Waals surface area contributed by atoms with Gasteiger partial charge in [-0.2, -0.15) is 0 Å². The molecular formula is C9H10ClN3O2. The first-order chi connectivity index (χ1) is 7.02. The Balaban J connectivity index is 2.82. The van der Waals surface area contributed by atoms with Gasteiger partial charge in [0.2, 0.25) is 5.91 Å². The van der Waals surface area contributed by atoms with Gasteiger partial charge < -0.3 is 5.73 Å². The monoisotopic (exact) mass is 227 g/mol. The van der Waals surface area contributed by atoms with E-state index in [4.69, 9.17) is 17.3 Å². The number of anilines is 1. The molecule has 80 valence electrons. The molecule has 0 heterocycles. The van der Waals surface area contributed by atoms with Crippen molar-refractivity contribution in [1.82, 2.24) is 10.9 Å². The predicted molar refractivity (Wildman–Crippen MR) is 57.1 cm³/mol. The van der Waals surface area contributed by atoms with Crippen molar-refractivity contribution in [2.45, 2.75) is 6.92 Å². The van der Waals surface area contributed by atoms with Crippen LogP contribution in [-0.2, 0) is 4.79 Å². The number of nitrogens with two attached hydrogens (primary N) is 1. The molecule has 6 heteroatoms. The molecule has 1 aromatic rings. The second-order valence-corrected chi connectivity index (χ2v) is 3.24. The number of hydrazine groups is 1. The largest absolute Gasteiger partial charge is 0.397 e. The average molecular weight is 228 g/mol. The molecule has 0 saturated carbocycles. The van der Waals surface area contributed by atoms with Crippen molar-refractivity contribution in [3.63, 3.8) is 0 Å². The summed E-state index contributed by atoms with van der Waals surface area (Å²) in [5.41, 5.74) is 10.3. The SMILES string of the molecule is CC(=O)NNC(=O)c1cccc(Cl)c1N.